The molecule has 2 nitrogen and oxygen atoms in total. The molecule has 2 heteroatoms. The molecule has 12 heavy (non-hydrogen) atoms. The molecule has 0 aromatic carbocycles. The lowest BCUT2D eigenvalue weighted by molar-refractivity contribution is -0.141. The van der Waals surface area contributed by atoms with E-state index in [0.29, 0.717) is 0 Å². The fraction of sp³-hybridized carbons (Fsp3) is 1.00. The molecule has 0 heterocycles. The Morgan fingerprint density at radius 3 is 1.75 bits per heavy atom. The maximum absolute atomic E-state index is 5.41. The summed E-state index contributed by atoms with van der Waals surface area (Å²) in [5, 5.41) is 0. The molecule has 0 N–H and O–H groups in total. The van der Waals surface area contributed by atoms with Crippen molar-refractivity contribution in [2.24, 2.45) is 5.92 Å². The van der Waals surface area contributed by atoms with E-state index in [1.165, 1.54) is 6.42 Å². The van der Waals surface area contributed by atoms with Gasteiger partial charge in [-0.2, -0.15) is 0 Å². The summed E-state index contributed by atoms with van der Waals surface area (Å²) in [6, 6.07) is 0. The molecule has 0 aliphatic rings. The van der Waals surface area contributed by atoms with E-state index in [0.717, 1.165) is 25.6 Å². The van der Waals surface area contributed by atoms with Crippen LogP contribution < -0.4 is 0 Å². The van der Waals surface area contributed by atoms with Gasteiger partial charge in [-0.25, -0.2) is 0 Å². The molecule has 0 aromatic rings. The lowest BCUT2D eigenvalue weighted by Crippen LogP contribution is -2.17. The second kappa shape index (κ2) is 7.56. The Kier molecular flexibility index (Phi) is 7.51. The SMILES string of the molecule is CCOC(CCC(C)C)OCC. The van der Waals surface area contributed by atoms with Crippen LogP contribution in [0.25, 0.3) is 0 Å². The van der Waals surface area contributed by atoms with Crippen LogP contribution in [0.15, 0.2) is 0 Å². The first-order chi connectivity index (χ1) is 5.70. The average molecular weight is 174 g/mol. The third-order valence-electron chi connectivity index (χ3n) is 1.68. The molecule has 0 fully saturated rings. The van der Waals surface area contributed by atoms with Crippen LogP contribution in [0.3, 0.4) is 0 Å². The summed E-state index contributed by atoms with van der Waals surface area (Å²) in [5.41, 5.74) is 0. The number of rotatable bonds is 7. The highest BCUT2D eigenvalue weighted by molar-refractivity contribution is 4.49. The largest absolute Gasteiger partial charge is 0.353 e. The normalized spacial score (nSPS) is 11.5. The van der Waals surface area contributed by atoms with Crippen LogP contribution in [-0.4, -0.2) is 19.5 Å². The number of ether oxygens (including phenoxy) is 2. The Morgan fingerprint density at radius 1 is 0.917 bits per heavy atom. The number of hydrogen-bond donors (Lipinski definition) is 0. The van der Waals surface area contributed by atoms with E-state index >= 15 is 0 Å². The maximum atomic E-state index is 5.41. The van der Waals surface area contributed by atoms with Gasteiger partial charge in [-0.15, -0.1) is 0 Å². The molecule has 0 radical (unpaired) electrons. The van der Waals surface area contributed by atoms with E-state index in [1.807, 2.05) is 13.8 Å². The highest BCUT2D eigenvalue weighted by Crippen LogP contribution is 2.10. The molecule has 0 aromatic heterocycles. The zero-order valence-corrected chi connectivity index (χ0v) is 8.80. The quantitative estimate of drug-likeness (QED) is 0.552. The highest BCUT2D eigenvalue weighted by Gasteiger charge is 2.07. The Bertz CT molecular complexity index is 85.8. The lowest BCUT2D eigenvalue weighted by atomic mass is 10.1. The Hall–Kier alpha value is -0.0800. The van der Waals surface area contributed by atoms with Crippen LogP contribution in [0.4, 0.5) is 0 Å². The third-order valence-corrected chi connectivity index (χ3v) is 1.68. The van der Waals surface area contributed by atoms with Crippen molar-refractivity contribution in [3.05, 3.63) is 0 Å². The lowest BCUT2D eigenvalue weighted by Gasteiger charge is -2.17. The molecular weight excluding hydrogens is 152 g/mol. The summed E-state index contributed by atoms with van der Waals surface area (Å²) in [6.07, 6.45) is 2.20. The van der Waals surface area contributed by atoms with Crippen molar-refractivity contribution in [3.63, 3.8) is 0 Å². The predicted octanol–water partition coefficient (Wildman–Crippen LogP) is 2.82. The maximum Gasteiger partial charge on any atom is 0.157 e. The standard InChI is InChI=1S/C10H22O2/c1-5-11-10(12-6-2)8-7-9(3)4/h9-10H,5-8H2,1-4H3. The van der Waals surface area contributed by atoms with Crippen LogP contribution in [-0.2, 0) is 9.47 Å². The summed E-state index contributed by atoms with van der Waals surface area (Å²) in [4.78, 5) is 0. The van der Waals surface area contributed by atoms with Crippen LogP contribution in [0, 0.1) is 5.92 Å². The zero-order valence-electron chi connectivity index (χ0n) is 8.80. The van der Waals surface area contributed by atoms with Gasteiger partial charge in [-0.3, -0.25) is 0 Å². The van der Waals surface area contributed by atoms with E-state index < -0.39 is 0 Å². The van der Waals surface area contributed by atoms with E-state index in [2.05, 4.69) is 13.8 Å². The summed E-state index contributed by atoms with van der Waals surface area (Å²) in [5.74, 6) is 0.730. The van der Waals surface area contributed by atoms with Gasteiger partial charge in [-0.05, 0) is 32.6 Å². The van der Waals surface area contributed by atoms with Gasteiger partial charge in [0.05, 0.1) is 0 Å². The fourth-order valence-electron chi connectivity index (χ4n) is 1.06. The molecular formula is C10H22O2. The summed E-state index contributed by atoms with van der Waals surface area (Å²) in [6.45, 7) is 9.91. The Morgan fingerprint density at radius 2 is 1.42 bits per heavy atom. The fourth-order valence-corrected chi connectivity index (χ4v) is 1.06. The van der Waals surface area contributed by atoms with E-state index in [4.69, 9.17) is 9.47 Å². The van der Waals surface area contributed by atoms with Crippen LogP contribution in [0.2, 0.25) is 0 Å². The first kappa shape index (κ1) is 11.9. The number of hydrogen-bond acceptors (Lipinski definition) is 2. The van der Waals surface area contributed by atoms with Gasteiger partial charge < -0.3 is 9.47 Å². The molecule has 0 saturated heterocycles. The average Bonchev–Trinajstić information content (AvgIpc) is 2.01. The van der Waals surface area contributed by atoms with E-state index in [9.17, 15) is 0 Å². The molecule has 0 unspecified atom stereocenters. The molecule has 74 valence electrons. The highest BCUT2D eigenvalue weighted by atomic mass is 16.7. The van der Waals surface area contributed by atoms with Crippen molar-refractivity contribution < 1.29 is 9.47 Å². The van der Waals surface area contributed by atoms with Gasteiger partial charge in [0.25, 0.3) is 0 Å². The Balaban J connectivity index is 3.48. The van der Waals surface area contributed by atoms with Crippen LogP contribution in [0.5, 0.6) is 0 Å². The van der Waals surface area contributed by atoms with Crippen molar-refractivity contribution >= 4 is 0 Å². The van der Waals surface area contributed by atoms with Crippen LogP contribution >= 0.6 is 0 Å². The minimum Gasteiger partial charge on any atom is -0.353 e. The second-order valence-electron chi connectivity index (χ2n) is 3.31. The first-order valence-electron chi connectivity index (χ1n) is 4.93. The molecule has 0 aliphatic carbocycles. The molecule has 0 bridgehead atoms. The molecule has 0 amide bonds. The Labute approximate surface area is 76.3 Å². The summed E-state index contributed by atoms with van der Waals surface area (Å²) in [7, 11) is 0. The van der Waals surface area contributed by atoms with E-state index in [-0.39, 0.29) is 6.29 Å². The van der Waals surface area contributed by atoms with E-state index in [1.54, 1.807) is 0 Å². The topological polar surface area (TPSA) is 18.5 Å². The zero-order chi connectivity index (χ0) is 9.40. The predicted molar refractivity (Wildman–Crippen MR) is 51.1 cm³/mol. The van der Waals surface area contributed by atoms with Gasteiger partial charge in [0.2, 0.25) is 0 Å². The van der Waals surface area contributed by atoms with Gasteiger partial charge >= 0.3 is 0 Å². The molecule has 0 atom stereocenters. The van der Waals surface area contributed by atoms with Gasteiger partial charge in [-0.1, -0.05) is 13.8 Å². The minimum atomic E-state index is 0.0161. The summed E-state index contributed by atoms with van der Waals surface area (Å²) < 4.78 is 10.8. The second-order valence-corrected chi connectivity index (χ2v) is 3.31. The third kappa shape index (κ3) is 6.62. The molecule has 0 rings (SSSR count). The summed E-state index contributed by atoms with van der Waals surface area (Å²) >= 11 is 0. The first-order valence-corrected chi connectivity index (χ1v) is 4.93. The molecule has 0 spiro atoms. The minimum absolute atomic E-state index is 0.0161. The monoisotopic (exact) mass is 174 g/mol. The van der Waals surface area contributed by atoms with Crippen molar-refractivity contribution in [1.82, 2.24) is 0 Å². The van der Waals surface area contributed by atoms with Crippen molar-refractivity contribution in [2.45, 2.75) is 46.8 Å². The van der Waals surface area contributed by atoms with Crippen molar-refractivity contribution in [2.75, 3.05) is 13.2 Å². The van der Waals surface area contributed by atoms with Crippen molar-refractivity contribution in [1.29, 1.82) is 0 Å². The van der Waals surface area contributed by atoms with Crippen LogP contribution in [0.1, 0.15) is 40.5 Å². The van der Waals surface area contributed by atoms with Gasteiger partial charge in [0.1, 0.15) is 0 Å². The van der Waals surface area contributed by atoms with Crippen molar-refractivity contribution in [3.8, 4) is 0 Å². The van der Waals surface area contributed by atoms with Gasteiger partial charge in [0.15, 0.2) is 6.29 Å². The van der Waals surface area contributed by atoms with Gasteiger partial charge in [0, 0.05) is 13.2 Å². The molecule has 0 aliphatic heterocycles. The molecule has 0 saturated carbocycles. The smallest absolute Gasteiger partial charge is 0.157 e.